The van der Waals surface area contributed by atoms with Crippen molar-refractivity contribution < 1.29 is 14.7 Å². The maximum Gasteiger partial charge on any atom is 0.307 e. The second-order valence-electron chi connectivity index (χ2n) is 3.03. The molecule has 1 heterocycles. The molecule has 1 rings (SSSR count). The van der Waals surface area contributed by atoms with Crippen molar-refractivity contribution in [1.82, 2.24) is 0 Å². The minimum absolute atomic E-state index is 0.111. The van der Waals surface area contributed by atoms with Crippen LogP contribution in [-0.4, -0.2) is 32.9 Å². The first-order chi connectivity index (χ1) is 6.09. The molecule has 1 aliphatic heterocycles. The molecule has 3 nitrogen and oxygen atoms in total. The minimum atomic E-state index is -0.706. The van der Waals surface area contributed by atoms with E-state index in [9.17, 15) is 9.59 Å². The fourth-order valence-electron chi connectivity index (χ4n) is 1.20. The van der Waals surface area contributed by atoms with Gasteiger partial charge < -0.3 is 5.11 Å². The highest BCUT2D eigenvalue weighted by atomic mass is 32.2. The van der Waals surface area contributed by atoms with Crippen molar-refractivity contribution in [2.75, 3.05) is 11.5 Å². The van der Waals surface area contributed by atoms with Gasteiger partial charge in [-0.15, -0.1) is 0 Å². The molecule has 74 valence electrons. The van der Waals surface area contributed by atoms with Gasteiger partial charge in [0.1, 0.15) is 0 Å². The lowest BCUT2D eigenvalue weighted by molar-refractivity contribution is -0.140. The smallest absolute Gasteiger partial charge is 0.307 e. The van der Waals surface area contributed by atoms with Gasteiger partial charge in [-0.3, -0.25) is 9.59 Å². The van der Waals surface area contributed by atoms with Gasteiger partial charge in [-0.1, -0.05) is 11.8 Å². The van der Waals surface area contributed by atoms with Crippen LogP contribution >= 0.6 is 23.5 Å². The first-order valence-electron chi connectivity index (χ1n) is 4.07. The third kappa shape index (κ3) is 3.60. The molecule has 0 amide bonds. The van der Waals surface area contributed by atoms with Crippen LogP contribution in [0, 0.1) is 5.92 Å². The van der Waals surface area contributed by atoms with E-state index in [0.717, 1.165) is 5.75 Å². The summed E-state index contributed by atoms with van der Waals surface area (Å²) in [5.41, 5.74) is 0. The normalized spacial score (nSPS) is 27.5. The number of carboxylic acid groups (broad SMARTS) is 1. The largest absolute Gasteiger partial charge is 0.481 e. The van der Waals surface area contributed by atoms with Gasteiger partial charge >= 0.3 is 5.97 Å². The van der Waals surface area contributed by atoms with Crippen molar-refractivity contribution in [3.8, 4) is 0 Å². The molecular formula is C8H12O3S2. The molecule has 5 heteroatoms. The van der Waals surface area contributed by atoms with E-state index < -0.39 is 5.97 Å². The molecule has 0 bridgehead atoms. The average molecular weight is 220 g/mol. The Balaban J connectivity index is 2.25. The third-order valence-corrected chi connectivity index (χ3v) is 4.51. The van der Waals surface area contributed by atoms with E-state index in [2.05, 4.69) is 0 Å². The molecule has 0 radical (unpaired) electrons. The Morgan fingerprint density at radius 2 is 2.31 bits per heavy atom. The molecule has 1 fully saturated rings. The second-order valence-corrected chi connectivity index (χ2v) is 5.56. The van der Waals surface area contributed by atoms with Gasteiger partial charge in [0.15, 0.2) is 5.12 Å². The zero-order chi connectivity index (χ0) is 9.84. The van der Waals surface area contributed by atoms with Gasteiger partial charge in [0.05, 0.1) is 5.92 Å². The van der Waals surface area contributed by atoms with E-state index in [-0.39, 0.29) is 11.0 Å². The van der Waals surface area contributed by atoms with E-state index >= 15 is 0 Å². The van der Waals surface area contributed by atoms with Crippen molar-refractivity contribution in [2.24, 2.45) is 5.92 Å². The number of thioether (sulfide) groups is 2. The van der Waals surface area contributed by atoms with Crippen molar-refractivity contribution in [3.63, 3.8) is 0 Å². The lowest BCUT2D eigenvalue weighted by atomic mass is 10.1. The van der Waals surface area contributed by atoms with Crippen LogP contribution < -0.4 is 0 Å². The average Bonchev–Trinajstić information content (AvgIpc) is 2.48. The standard InChI is InChI=1S/C8H12O3S2/c1-5(9)12-4-7-2-6(3-13-7)8(10)11/h6-7H,2-4H2,1H3,(H,10,11)/t6?,7-/m0/s1. The maximum atomic E-state index is 10.7. The summed E-state index contributed by atoms with van der Waals surface area (Å²) in [5, 5.41) is 9.17. The summed E-state index contributed by atoms with van der Waals surface area (Å²) >= 11 is 2.96. The summed E-state index contributed by atoms with van der Waals surface area (Å²) < 4.78 is 0. The Morgan fingerprint density at radius 3 is 2.77 bits per heavy atom. The Labute approximate surface area is 85.7 Å². The Hall–Kier alpha value is -0.160. The van der Waals surface area contributed by atoms with Gasteiger partial charge in [0.25, 0.3) is 0 Å². The van der Waals surface area contributed by atoms with Crippen LogP contribution in [0.3, 0.4) is 0 Å². The van der Waals surface area contributed by atoms with Gasteiger partial charge in [-0.25, -0.2) is 0 Å². The number of hydrogen-bond acceptors (Lipinski definition) is 4. The molecule has 0 aromatic heterocycles. The predicted octanol–water partition coefficient (Wildman–Crippen LogP) is 1.47. The Morgan fingerprint density at radius 1 is 1.62 bits per heavy atom. The summed E-state index contributed by atoms with van der Waals surface area (Å²) in [6, 6.07) is 0. The van der Waals surface area contributed by atoms with E-state index in [1.54, 1.807) is 18.7 Å². The topological polar surface area (TPSA) is 54.4 Å². The lowest BCUT2D eigenvalue weighted by Crippen LogP contribution is -2.14. The van der Waals surface area contributed by atoms with E-state index in [4.69, 9.17) is 5.11 Å². The summed E-state index contributed by atoms with van der Waals surface area (Å²) in [5.74, 6) is 0.535. The fraction of sp³-hybridized carbons (Fsp3) is 0.750. The lowest BCUT2D eigenvalue weighted by Gasteiger charge is -2.05. The molecule has 1 N–H and O–H groups in total. The zero-order valence-electron chi connectivity index (χ0n) is 7.36. The molecule has 0 aromatic carbocycles. The number of hydrogen-bond donors (Lipinski definition) is 1. The third-order valence-electron chi connectivity index (χ3n) is 1.90. The first-order valence-corrected chi connectivity index (χ1v) is 6.11. The molecule has 0 aromatic rings. The highest BCUT2D eigenvalue weighted by molar-refractivity contribution is 8.14. The summed E-state index contributed by atoms with van der Waals surface area (Å²) in [7, 11) is 0. The predicted molar refractivity (Wildman–Crippen MR) is 55.1 cm³/mol. The van der Waals surface area contributed by atoms with Crippen LogP contribution in [0.4, 0.5) is 0 Å². The van der Waals surface area contributed by atoms with E-state index in [1.807, 2.05) is 0 Å². The SMILES string of the molecule is CC(=O)SC[C@@H]1CC(C(=O)O)CS1. The van der Waals surface area contributed by atoms with Crippen LogP contribution in [0.2, 0.25) is 0 Å². The van der Waals surface area contributed by atoms with Gasteiger partial charge in [0.2, 0.25) is 0 Å². The molecule has 0 spiro atoms. The maximum absolute atomic E-state index is 10.7. The molecule has 1 unspecified atom stereocenters. The molecule has 1 saturated heterocycles. The summed E-state index contributed by atoms with van der Waals surface area (Å²) in [6.07, 6.45) is 0.709. The molecular weight excluding hydrogens is 208 g/mol. The monoisotopic (exact) mass is 220 g/mol. The van der Waals surface area contributed by atoms with Gasteiger partial charge in [-0.05, 0) is 6.42 Å². The first kappa shape index (κ1) is 10.9. The fourth-order valence-corrected chi connectivity index (χ4v) is 3.50. The highest BCUT2D eigenvalue weighted by Crippen LogP contribution is 2.33. The van der Waals surface area contributed by atoms with Crippen LogP contribution in [0.5, 0.6) is 0 Å². The quantitative estimate of drug-likeness (QED) is 0.780. The van der Waals surface area contributed by atoms with E-state index in [0.29, 0.717) is 17.4 Å². The van der Waals surface area contributed by atoms with E-state index in [1.165, 1.54) is 11.8 Å². The molecule has 13 heavy (non-hydrogen) atoms. The van der Waals surface area contributed by atoms with Crippen molar-refractivity contribution >= 4 is 34.6 Å². The van der Waals surface area contributed by atoms with Crippen LogP contribution in [-0.2, 0) is 9.59 Å². The number of carbonyl (C=O) groups excluding carboxylic acids is 1. The Bertz CT molecular complexity index is 217. The molecule has 1 aliphatic rings. The number of carbonyl (C=O) groups is 2. The Kier molecular flexibility index (Phi) is 4.12. The molecule has 0 aliphatic carbocycles. The van der Waals surface area contributed by atoms with Gasteiger partial charge in [0, 0.05) is 23.7 Å². The van der Waals surface area contributed by atoms with Crippen LogP contribution in [0.1, 0.15) is 13.3 Å². The van der Waals surface area contributed by atoms with Crippen LogP contribution in [0.25, 0.3) is 0 Å². The second kappa shape index (κ2) is 4.91. The zero-order valence-corrected chi connectivity index (χ0v) is 8.99. The molecule has 2 atom stereocenters. The number of rotatable bonds is 3. The van der Waals surface area contributed by atoms with Crippen molar-refractivity contribution in [2.45, 2.75) is 18.6 Å². The van der Waals surface area contributed by atoms with Crippen molar-refractivity contribution in [1.29, 1.82) is 0 Å². The van der Waals surface area contributed by atoms with Crippen molar-refractivity contribution in [3.05, 3.63) is 0 Å². The van der Waals surface area contributed by atoms with Crippen LogP contribution in [0.15, 0.2) is 0 Å². The highest BCUT2D eigenvalue weighted by Gasteiger charge is 2.30. The van der Waals surface area contributed by atoms with Gasteiger partial charge in [-0.2, -0.15) is 11.8 Å². The summed E-state index contributed by atoms with van der Waals surface area (Å²) in [6.45, 7) is 1.54. The minimum Gasteiger partial charge on any atom is -0.481 e. The molecule has 0 saturated carbocycles. The number of carboxylic acids is 1. The summed E-state index contributed by atoms with van der Waals surface area (Å²) in [4.78, 5) is 21.3. The number of aliphatic carboxylic acids is 1.